The van der Waals surface area contributed by atoms with Crippen LogP contribution in [0.3, 0.4) is 0 Å². The highest BCUT2D eigenvalue weighted by Crippen LogP contribution is 2.26. The Bertz CT molecular complexity index is 584. The van der Waals surface area contributed by atoms with E-state index in [0.29, 0.717) is 18.7 Å². The Morgan fingerprint density at radius 2 is 2.14 bits per heavy atom. The Kier molecular flexibility index (Phi) is 4.43. The van der Waals surface area contributed by atoms with E-state index in [2.05, 4.69) is 27.3 Å². The first-order valence-electron chi connectivity index (χ1n) is 6.72. The molecule has 0 aromatic heterocycles. The molecule has 1 aromatic carbocycles. The van der Waals surface area contributed by atoms with Gasteiger partial charge in [-0.1, -0.05) is 0 Å². The molecule has 0 atom stereocenters. The van der Waals surface area contributed by atoms with Gasteiger partial charge in [-0.25, -0.2) is 4.79 Å². The molecule has 1 N–H and O–H groups in total. The molecule has 1 amide bonds. The summed E-state index contributed by atoms with van der Waals surface area (Å²) in [6.45, 7) is 6.79. The molecule has 0 radical (unpaired) electrons. The molecule has 6 heteroatoms. The van der Waals surface area contributed by atoms with Crippen molar-refractivity contribution in [2.45, 2.75) is 32.4 Å². The van der Waals surface area contributed by atoms with Crippen LogP contribution in [0, 0.1) is 11.3 Å². The number of rotatable bonds is 2. The molecule has 1 saturated heterocycles. The number of carbonyl (C=O) groups excluding carboxylic acids is 1. The second-order valence-electron chi connectivity index (χ2n) is 6.03. The maximum atomic E-state index is 11.8. The molecule has 21 heavy (non-hydrogen) atoms. The topological polar surface area (TPSA) is 65.4 Å². The molecule has 1 aliphatic heterocycles. The Morgan fingerprint density at radius 1 is 1.48 bits per heavy atom. The molecule has 0 spiro atoms. The van der Waals surface area contributed by atoms with Gasteiger partial charge >= 0.3 is 6.09 Å². The van der Waals surface area contributed by atoms with Gasteiger partial charge in [-0.3, -0.25) is 0 Å². The standard InChI is InChI=1S/C15H18BrN3O2/c1-15(2,3)21-14(20)19-8-11(9-19)18-13-5-4-10(7-17)6-12(13)16/h4-6,11,18H,8-9H2,1-3H3. The average molecular weight is 352 g/mol. The third-order valence-corrected chi connectivity index (χ3v) is 3.65. The number of hydrogen-bond acceptors (Lipinski definition) is 4. The van der Waals surface area contributed by atoms with Crippen molar-refractivity contribution in [3.05, 3.63) is 28.2 Å². The van der Waals surface area contributed by atoms with E-state index >= 15 is 0 Å². The van der Waals surface area contributed by atoms with Crippen LogP contribution in [-0.2, 0) is 4.74 Å². The van der Waals surface area contributed by atoms with Crippen molar-refractivity contribution >= 4 is 27.7 Å². The molecule has 1 fully saturated rings. The number of anilines is 1. The smallest absolute Gasteiger partial charge is 0.410 e. The molecule has 5 nitrogen and oxygen atoms in total. The Labute approximate surface area is 133 Å². The van der Waals surface area contributed by atoms with Crippen LogP contribution < -0.4 is 5.32 Å². The molecule has 0 saturated carbocycles. The summed E-state index contributed by atoms with van der Waals surface area (Å²) in [5.41, 5.74) is 1.06. The number of carbonyl (C=O) groups is 1. The van der Waals surface area contributed by atoms with Gasteiger partial charge in [0.1, 0.15) is 5.60 Å². The molecule has 0 unspecified atom stereocenters. The molecule has 0 aliphatic carbocycles. The number of nitrogens with one attached hydrogen (secondary N) is 1. The Morgan fingerprint density at radius 3 is 2.67 bits per heavy atom. The Hall–Kier alpha value is -1.74. The van der Waals surface area contributed by atoms with Crippen LogP contribution in [0.4, 0.5) is 10.5 Å². The van der Waals surface area contributed by atoms with Crippen molar-refractivity contribution in [2.24, 2.45) is 0 Å². The van der Waals surface area contributed by atoms with E-state index < -0.39 is 5.60 Å². The maximum Gasteiger partial charge on any atom is 0.410 e. The number of likely N-dealkylation sites (tertiary alicyclic amines) is 1. The van der Waals surface area contributed by atoms with Gasteiger partial charge in [-0.05, 0) is 54.9 Å². The van der Waals surface area contributed by atoms with Crippen molar-refractivity contribution in [1.29, 1.82) is 5.26 Å². The predicted molar refractivity (Wildman–Crippen MR) is 84.1 cm³/mol. The van der Waals surface area contributed by atoms with Gasteiger partial charge in [0, 0.05) is 23.2 Å². The lowest BCUT2D eigenvalue weighted by atomic mass is 10.1. The highest BCUT2D eigenvalue weighted by Gasteiger charge is 2.33. The lowest BCUT2D eigenvalue weighted by Gasteiger charge is -2.40. The second-order valence-corrected chi connectivity index (χ2v) is 6.89. The number of amides is 1. The molecule has 112 valence electrons. The minimum absolute atomic E-state index is 0.196. The zero-order chi connectivity index (χ0) is 15.6. The van der Waals surface area contributed by atoms with Gasteiger partial charge in [0.25, 0.3) is 0 Å². The molecule has 2 rings (SSSR count). The van der Waals surface area contributed by atoms with Gasteiger partial charge in [0.2, 0.25) is 0 Å². The summed E-state index contributed by atoms with van der Waals surface area (Å²) in [5.74, 6) is 0. The van der Waals surface area contributed by atoms with Gasteiger partial charge in [-0.15, -0.1) is 0 Å². The maximum absolute atomic E-state index is 11.8. The van der Waals surface area contributed by atoms with Gasteiger partial charge in [-0.2, -0.15) is 5.26 Å². The van der Waals surface area contributed by atoms with Gasteiger partial charge < -0.3 is 15.0 Å². The first kappa shape index (κ1) is 15.6. The third kappa shape index (κ3) is 4.11. The van der Waals surface area contributed by atoms with Crippen LogP contribution in [-0.4, -0.2) is 35.7 Å². The number of nitriles is 1. The number of nitrogens with zero attached hydrogens (tertiary/aromatic N) is 2. The van der Waals surface area contributed by atoms with E-state index in [1.165, 1.54) is 0 Å². The predicted octanol–water partition coefficient (Wildman–Crippen LogP) is 3.35. The first-order valence-corrected chi connectivity index (χ1v) is 7.52. The minimum atomic E-state index is -0.467. The second kappa shape index (κ2) is 5.94. The van der Waals surface area contributed by atoms with E-state index in [0.717, 1.165) is 10.2 Å². The monoisotopic (exact) mass is 351 g/mol. The van der Waals surface area contributed by atoms with Crippen LogP contribution in [0.5, 0.6) is 0 Å². The largest absolute Gasteiger partial charge is 0.444 e. The summed E-state index contributed by atoms with van der Waals surface area (Å²) in [6.07, 6.45) is -0.278. The normalized spacial score (nSPS) is 15.1. The molecule has 1 aliphatic rings. The van der Waals surface area contributed by atoms with Gasteiger partial charge in [0.05, 0.1) is 17.7 Å². The van der Waals surface area contributed by atoms with E-state index in [1.54, 1.807) is 17.0 Å². The fraction of sp³-hybridized carbons (Fsp3) is 0.467. The fourth-order valence-electron chi connectivity index (χ4n) is 1.97. The third-order valence-electron chi connectivity index (χ3n) is 2.99. The highest BCUT2D eigenvalue weighted by molar-refractivity contribution is 9.10. The van der Waals surface area contributed by atoms with E-state index in [4.69, 9.17) is 10.00 Å². The highest BCUT2D eigenvalue weighted by atomic mass is 79.9. The molecular weight excluding hydrogens is 334 g/mol. The number of hydrogen-bond donors (Lipinski definition) is 1. The van der Waals surface area contributed by atoms with Crippen LogP contribution in [0.15, 0.2) is 22.7 Å². The average Bonchev–Trinajstić information content (AvgIpc) is 2.32. The van der Waals surface area contributed by atoms with Crippen LogP contribution >= 0.6 is 15.9 Å². The lowest BCUT2D eigenvalue weighted by molar-refractivity contribution is 0.0105. The fourth-order valence-corrected chi connectivity index (χ4v) is 2.46. The summed E-state index contributed by atoms with van der Waals surface area (Å²) in [6, 6.07) is 7.68. The zero-order valence-electron chi connectivity index (χ0n) is 12.3. The summed E-state index contributed by atoms with van der Waals surface area (Å²) >= 11 is 3.43. The van der Waals surface area contributed by atoms with E-state index in [9.17, 15) is 4.79 Å². The van der Waals surface area contributed by atoms with E-state index in [-0.39, 0.29) is 12.1 Å². The first-order chi connectivity index (χ1) is 9.78. The zero-order valence-corrected chi connectivity index (χ0v) is 13.9. The number of benzene rings is 1. The molecular formula is C15H18BrN3O2. The van der Waals surface area contributed by atoms with Crippen LogP contribution in [0.25, 0.3) is 0 Å². The van der Waals surface area contributed by atoms with Crippen molar-refractivity contribution in [3.8, 4) is 6.07 Å². The summed E-state index contributed by atoms with van der Waals surface area (Å²) in [5, 5.41) is 12.2. The van der Waals surface area contributed by atoms with Crippen molar-refractivity contribution in [2.75, 3.05) is 18.4 Å². The van der Waals surface area contributed by atoms with Gasteiger partial charge in [0.15, 0.2) is 0 Å². The van der Waals surface area contributed by atoms with Crippen molar-refractivity contribution in [3.63, 3.8) is 0 Å². The number of ether oxygens (including phenoxy) is 1. The van der Waals surface area contributed by atoms with Crippen LogP contribution in [0.2, 0.25) is 0 Å². The molecule has 0 bridgehead atoms. The van der Waals surface area contributed by atoms with E-state index in [1.807, 2.05) is 26.8 Å². The SMILES string of the molecule is CC(C)(C)OC(=O)N1CC(Nc2ccc(C#N)cc2Br)C1. The van der Waals surface area contributed by atoms with Crippen LogP contribution in [0.1, 0.15) is 26.3 Å². The quantitative estimate of drug-likeness (QED) is 0.887. The summed E-state index contributed by atoms with van der Waals surface area (Å²) in [4.78, 5) is 13.5. The van der Waals surface area contributed by atoms with Crippen molar-refractivity contribution in [1.82, 2.24) is 4.90 Å². The summed E-state index contributed by atoms with van der Waals surface area (Å²) < 4.78 is 6.15. The number of halogens is 1. The summed E-state index contributed by atoms with van der Waals surface area (Å²) in [7, 11) is 0. The Balaban J connectivity index is 1.86. The molecule has 1 aromatic rings. The minimum Gasteiger partial charge on any atom is -0.444 e. The lowest BCUT2D eigenvalue weighted by Crippen LogP contribution is -2.57. The van der Waals surface area contributed by atoms with Crippen molar-refractivity contribution < 1.29 is 9.53 Å². The molecule has 1 heterocycles.